The summed E-state index contributed by atoms with van der Waals surface area (Å²) in [6.45, 7) is 8.67. The van der Waals surface area contributed by atoms with Crippen LogP contribution in [0.3, 0.4) is 0 Å². The zero-order valence-electron chi connectivity index (χ0n) is 16.7. The third-order valence-corrected chi connectivity index (χ3v) is 6.99. The molecule has 4 rings (SSSR count). The molecule has 1 aliphatic carbocycles. The molecule has 2 heterocycles. The Morgan fingerprint density at radius 1 is 1.26 bits per heavy atom. The monoisotopic (exact) mass is 371 g/mol. The first-order valence-corrected chi connectivity index (χ1v) is 10.0. The highest BCUT2D eigenvalue weighted by Crippen LogP contribution is 2.67. The largest absolute Gasteiger partial charge is 0.463 e. The van der Waals surface area contributed by atoms with Crippen molar-refractivity contribution < 1.29 is 19.1 Å². The molecule has 2 bridgehead atoms. The molecule has 3 fully saturated rings. The van der Waals surface area contributed by atoms with Crippen LogP contribution in [0.5, 0.6) is 0 Å². The minimum atomic E-state index is -1.54. The Balaban J connectivity index is 1.82. The van der Waals surface area contributed by atoms with E-state index in [1.54, 1.807) is 6.92 Å². The van der Waals surface area contributed by atoms with Gasteiger partial charge in [-0.05, 0) is 31.2 Å². The van der Waals surface area contributed by atoms with Crippen LogP contribution in [0.25, 0.3) is 0 Å². The standard InChI is InChI=1S/C22H29NO4/c1-5-26-19(25)22-18(24)23(14-16-9-7-6-8-10-16)21(27-22)13-15(2)11-12-17(21)20(22,3)4/h6-10,15,17H,5,11-14H2,1-4H3/t15-,17+,21+,22+/m0/s1. The van der Waals surface area contributed by atoms with Gasteiger partial charge in [0.25, 0.3) is 11.5 Å². The fourth-order valence-corrected chi connectivity index (χ4v) is 5.73. The Kier molecular flexibility index (Phi) is 4.15. The van der Waals surface area contributed by atoms with Crippen LogP contribution in [-0.4, -0.2) is 34.7 Å². The van der Waals surface area contributed by atoms with Gasteiger partial charge in [-0.25, -0.2) is 4.79 Å². The van der Waals surface area contributed by atoms with E-state index in [-0.39, 0.29) is 18.4 Å². The van der Waals surface area contributed by atoms with Crippen LogP contribution in [-0.2, 0) is 25.6 Å². The second-order valence-electron chi connectivity index (χ2n) is 8.89. The van der Waals surface area contributed by atoms with Crippen molar-refractivity contribution in [1.82, 2.24) is 4.90 Å². The van der Waals surface area contributed by atoms with Gasteiger partial charge in [-0.15, -0.1) is 0 Å². The fourth-order valence-electron chi connectivity index (χ4n) is 5.73. The van der Waals surface area contributed by atoms with Gasteiger partial charge in [-0.1, -0.05) is 57.5 Å². The lowest BCUT2D eigenvalue weighted by molar-refractivity contribution is -0.180. The lowest BCUT2D eigenvalue weighted by atomic mass is 9.58. The number of hydrogen-bond donors (Lipinski definition) is 0. The summed E-state index contributed by atoms with van der Waals surface area (Å²) in [5.74, 6) is -0.205. The second kappa shape index (κ2) is 6.06. The van der Waals surface area contributed by atoms with Crippen molar-refractivity contribution in [3.63, 3.8) is 0 Å². The van der Waals surface area contributed by atoms with Gasteiger partial charge in [0.05, 0.1) is 6.61 Å². The molecule has 2 saturated heterocycles. The summed E-state index contributed by atoms with van der Waals surface area (Å²) in [5.41, 5.74) is -1.80. The van der Waals surface area contributed by atoms with Crippen LogP contribution in [0.4, 0.5) is 0 Å². The highest BCUT2D eigenvalue weighted by atomic mass is 16.6. The molecule has 1 aromatic rings. The molecule has 1 aromatic carbocycles. The van der Waals surface area contributed by atoms with Crippen molar-refractivity contribution >= 4 is 11.9 Å². The molecule has 2 aliphatic heterocycles. The van der Waals surface area contributed by atoms with E-state index in [0.717, 1.165) is 24.8 Å². The van der Waals surface area contributed by atoms with Crippen LogP contribution in [0, 0.1) is 17.3 Å². The van der Waals surface area contributed by atoms with Gasteiger partial charge in [-0.2, -0.15) is 0 Å². The average molecular weight is 371 g/mol. The van der Waals surface area contributed by atoms with Crippen molar-refractivity contribution in [3.8, 4) is 0 Å². The number of fused-ring (bicyclic) bond motifs is 1. The molecule has 4 atom stereocenters. The van der Waals surface area contributed by atoms with E-state index in [4.69, 9.17) is 9.47 Å². The van der Waals surface area contributed by atoms with E-state index in [2.05, 4.69) is 6.92 Å². The molecule has 3 aliphatic rings. The summed E-state index contributed by atoms with van der Waals surface area (Å²) >= 11 is 0. The van der Waals surface area contributed by atoms with Crippen molar-refractivity contribution in [2.45, 2.75) is 64.8 Å². The van der Waals surface area contributed by atoms with Crippen LogP contribution in [0.1, 0.15) is 52.5 Å². The molecule has 1 saturated carbocycles. The van der Waals surface area contributed by atoms with Crippen molar-refractivity contribution in [2.75, 3.05) is 6.61 Å². The Morgan fingerprint density at radius 3 is 2.63 bits per heavy atom. The van der Waals surface area contributed by atoms with Gasteiger partial charge in [0.15, 0.2) is 0 Å². The fraction of sp³-hybridized carbons (Fsp3) is 0.636. The van der Waals surface area contributed by atoms with Crippen molar-refractivity contribution in [3.05, 3.63) is 35.9 Å². The number of benzene rings is 1. The van der Waals surface area contributed by atoms with Crippen molar-refractivity contribution in [1.29, 1.82) is 0 Å². The second-order valence-corrected chi connectivity index (χ2v) is 8.89. The maximum Gasteiger partial charge on any atom is 0.349 e. The highest BCUT2D eigenvalue weighted by Gasteiger charge is 2.82. The van der Waals surface area contributed by atoms with Gasteiger partial charge in [0.1, 0.15) is 5.72 Å². The summed E-state index contributed by atoms with van der Waals surface area (Å²) in [7, 11) is 0. The SMILES string of the molecule is CCOC(=O)[C@@]12O[C@@]3(C[C@@H](C)CC[C@@H]3C1(C)C)N(Cc1ccccc1)C2=O. The molecule has 0 unspecified atom stereocenters. The number of nitrogens with zero attached hydrogens (tertiary/aromatic N) is 1. The maximum atomic E-state index is 13.7. The number of piperidine rings is 1. The third kappa shape index (κ3) is 2.27. The van der Waals surface area contributed by atoms with Gasteiger partial charge < -0.3 is 14.4 Å². The van der Waals surface area contributed by atoms with Crippen molar-refractivity contribution in [2.24, 2.45) is 17.3 Å². The first kappa shape index (κ1) is 18.5. The zero-order chi connectivity index (χ0) is 19.4. The van der Waals surface area contributed by atoms with E-state index in [0.29, 0.717) is 12.5 Å². The molecular formula is C22H29NO4. The molecule has 5 nitrogen and oxygen atoms in total. The molecule has 1 spiro atoms. The number of ether oxygens (including phenoxy) is 2. The minimum Gasteiger partial charge on any atom is -0.463 e. The van der Waals surface area contributed by atoms with Crippen LogP contribution in [0.15, 0.2) is 30.3 Å². The topological polar surface area (TPSA) is 55.8 Å². The average Bonchev–Trinajstić information content (AvgIpc) is 2.99. The Hall–Kier alpha value is -1.88. The zero-order valence-corrected chi connectivity index (χ0v) is 16.7. The molecular weight excluding hydrogens is 342 g/mol. The number of esters is 1. The lowest BCUT2D eigenvalue weighted by Gasteiger charge is -2.52. The number of rotatable bonds is 4. The molecule has 27 heavy (non-hydrogen) atoms. The van der Waals surface area contributed by atoms with E-state index in [1.165, 1.54) is 0 Å². The third-order valence-electron chi connectivity index (χ3n) is 6.99. The summed E-state index contributed by atoms with van der Waals surface area (Å²) in [6, 6.07) is 9.93. The van der Waals surface area contributed by atoms with Crippen LogP contribution < -0.4 is 0 Å². The molecule has 1 amide bonds. The number of likely N-dealkylation sites (tertiary alicyclic amines) is 1. The number of amides is 1. The van der Waals surface area contributed by atoms with E-state index < -0.39 is 22.7 Å². The predicted molar refractivity (Wildman–Crippen MR) is 100 cm³/mol. The highest BCUT2D eigenvalue weighted by molar-refractivity contribution is 6.10. The summed E-state index contributed by atoms with van der Waals surface area (Å²) in [6.07, 6.45) is 2.81. The summed E-state index contributed by atoms with van der Waals surface area (Å²) in [4.78, 5) is 28.6. The predicted octanol–water partition coefficient (Wildman–Crippen LogP) is 3.52. The molecule has 146 valence electrons. The van der Waals surface area contributed by atoms with Crippen LogP contribution >= 0.6 is 0 Å². The van der Waals surface area contributed by atoms with Gasteiger partial charge >= 0.3 is 5.97 Å². The molecule has 0 aromatic heterocycles. The Bertz CT molecular complexity index is 761. The molecule has 5 heteroatoms. The quantitative estimate of drug-likeness (QED) is 0.600. The van der Waals surface area contributed by atoms with E-state index in [1.807, 2.05) is 49.1 Å². The Morgan fingerprint density at radius 2 is 1.96 bits per heavy atom. The van der Waals surface area contributed by atoms with Crippen LogP contribution in [0.2, 0.25) is 0 Å². The number of carbonyl (C=O) groups excluding carboxylic acids is 2. The van der Waals surface area contributed by atoms with Gasteiger partial charge in [0, 0.05) is 17.9 Å². The van der Waals surface area contributed by atoms with Gasteiger partial charge in [-0.3, -0.25) is 4.79 Å². The van der Waals surface area contributed by atoms with E-state index >= 15 is 0 Å². The maximum absolute atomic E-state index is 13.7. The lowest BCUT2D eigenvalue weighted by Crippen LogP contribution is -2.66. The normalized spacial score (nSPS) is 36.6. The molecule has 0 N–H and O–H groups in total. The van der Waals surface area contributed by atoms with E-state index in [9.17, 15) is 9.59 Å². The summed E-state index contributed by atoms with van der Waals surface area (Å²) in [5, 5.41) is 0. The minimum absolute atomic E-state index is 0.118. The first-order chi connectivity index (χ1) is 12.8. The van der Waals surface area contributed by atoms with Gasteiger partial charge in [0.2, 0.25) is 0 Å². The number of hydrogen-bond acceptors (Lipinski definition) is 4. The Labute approximate surface area is 161 Å². The number of carbonyl (C=O) groups is 2. The smallest absolute Gasteiger partial charge is 0.349 e. The summed E-state index contributed by atoms with van der Waals surface area (Å²) < 4.78 is 11.9. The first-order valence-electron chi connectivity index (χ1n) is 10.0. The molecule has 0 radical (unpaired) electrons.